The molecule has 3 aromatic rings. The average Bonchev–Trinajstić information content (AvgIpc) is 3.14. The summed E-state index contributed by atoms with van der Waals surface area (Å²) in [6.07, 6.45) is 2.15. The van der Waals surface area contributed by atoms with Crippen molar-refractivity contribution in [3.63, 3.8) is 0 Å². The highest BCUT2D eigenvalue weighted by molar-refractivity contribution is 8.00. The van der Waals surface area contributed by atoms with Crippen molar-refractivity contribution < 1.29 is 17.9 Å². The van der Waals surface area contributed by atoms with Gasteiger partial charge in [-0.15, -0.1) is 10.2 Å². The lowest BCUT2D eigenvalue weighted by Gasteiger charge is -2.11. The van der Waals surface area contributed by atoms with Gasteiger partial charge in [0.2, 0.25) is 5.95 Å². The van der Waals surface area contributed by atoms with Crippen LogP contribution >= 0.6 is 23.1 Å². The number of aryl methyl sites for hydroxylation is 1. The van der Waals surface area contributed by atoms with E-state index in [4.69, 9.17) is 4.74 Å². The van der Waals surface area contributed by atoms with Gasteiger partial charge >= 0.3 is 12.0 Å². The van der Waals surface area contributed by atoms with Crippen LogP contribution in [0.25, 0.3) is 0 Å². The van der Waals surface area contributed by atoms with Gasteiger partial charge in [-0.1, -0.05) is 41.3 Å². The highest BCUT2D eigenvalue weighted by atomic mass is 32.2. The molecule has 30 heavy (non-hydrogen) atoms. The van der Waals surface area contributed by atoms with Crippen LogP contribution in [0, 0.1) is 6.92 Å². The zero-order chi connectivity index (χ0) is 21.7. The molecule has 158 valence electrons. The van der Waals surface area contributed by atoms with E-state index < -0.39 is 16.1 Å². The molecule has 0 saturated carbocycles. The Hall–Kier alpha value is -2.84. The van der Waals surface area contributed by atoms with Gasteiger partial charge in [-0.25, -0.2) is 17.9 Å². The van der Waals surface area contributed by atoms with Gasteiger partial charge in [0.25, 0.3) is 10.0 Å². The van der Waals surface area contributed by atoms with Gasteiger partial charge in [0.05, 0.1) is 12.0 Å². The lowest BCUT2D eigenvalue weighted by Crippen LogP contribution is -2.35. The smallest absolute Gasteiger partial charge is 0.335 e. The first-order chi connectivity index (χ1) is 14.3. The third kappa shape index (κ3) is 5.40. The number of ether oxygens (including phenoxy) is 1. The summed E-state index contributed by atoms with van der Waals surface area (Å²) < 4.78 is 33.3. The Labute approximate surface area is 180 Å². The zero-order valence-corrected chi connectivity index (χ0v) is 18.6. The number of nitrogens with zero attached hydrogens (tertiary/aromatic N) is 5. The Bertz CT molecular complexity index is 1170. The monoisotopic (exact) mass is 467 g/mol. The zero-order valence-electron chi connectivity index (χ0n) is 16.1. The minimum absolute atomic E-state index is 0.00679. The summed E-state index contributed by atoms with van der Waals surface area (Å²) in [5.74, 6) is 0.158. The molecule has 0 unspecified atom stereocenters. The van der Waals surface area contributed by atoms with Crippen molar-refractivity contribution in [1.29, 1.82) is 0 Å². The van der Waals surface area contributed by atoms with Gasteiger partial charge in [-0.3, -0.25) is 5.32 Å². The normalized spacial score (nSPS) is 11.2. The molecular weight excluding hydrogens is 450 g/mol. The maximum absolute atomic E-state index is 12.8. The molecule has 0 radical (unpaired) electrons. The molecule has 2 heterocycles. The van der Waals surface area contributed by atoms with Crippen LogP contribution in [0.2, 0.25) is 0 Å². The molecule has 2 amide bonds. The van der Waals surface area contributed by atoms with Crippen molar-refractivity contribution in [3.05, 3.63) is 40.7 Å². The van der Waals surface area contributed by atoms with E-state index in [1.807, 2.05) is 11.0 Å². The number of hydrogen-bond acceptors (Lipinski definition) is 11. The second-order valence-corrected chi connectivity index (χ2v) is 9.47. The molecule has 1 aromatic carbocycles. The van der Waals surface area contributed by atoms with Crippen LogP contribution in [0.1, 0.15) is 16.4 Å². The van der Waals surface area contributed by atoms with Crippen LogP contribution in [0.3, 0.4) is 0 Å². The van der Waals surface area contributed by atoms with Crippen molar-refractivity contribution in [3.8, 4) is 6.01 Å². The Morgan fingerprint density at radius 2 is 1.97 bits per heavy atom. The molecule has 3 rings (SSSR count). The van der Waals surface area contributed by atoms with E-state index in [-0.39, 0.29) is 23.3 Å². The average molecular weight is 468 g/mol. The molecule has 0 fully saturated rings. The first kappa shape index (κ1) is 21.9. The van der Waals surface area contributed by atoms with Crippen molar-refractivity contribution >= 4 is 45.1 Å². The van der Waals surface area contributed by atoms with E-state index in [9.17, 15) is 13.2 Å². The van der Waals surface area contributed by atoms with Crippen LogP contribution < -0.4 is 14.8 Å². The molecule has 0 saturated heterocycles. The van der Waals surface area contributed by atoms with Gasteiger partial charge in [-0.2, -0.15) is 15.0 Å². The van der Waals surface area contributed by atoms with Gasteiger partial charge < -0.3 is 4.74 Å². The van der Waals surface area contributed by atoms with Crippen LogP contribution in [-0.4, -0.2) is 53.0 Å². The Kier molecular flexibility index (Phi) is 6.79. The summed E-state index contributed by atoms with van der Waals surface area (Å²) in [6, 6.07) is 5.34. The maximum Gasteiger partial charge on any atom is 0.335 e. The van der Waals surface area contributed by atoms with E-state index in [2.05, 4.69) is 30.5 Å². The second-order valence-electron chi connectivity index (χ2n) is 5.70. The summed E-state index contributed by atoms with van der Waals surface area (Å²) in [4.78, 5) is 23.9. The number of methoxy groups -OCH3 is 1. The molecule has 14 heteroatoms. The number of carbonyl (C=O) groups excluding carboxylic acids is 1. The number of nitrogens with one attached hydrogen (secondary N) is 2. The fourth-order valence-corrected chi connectivity index (χ4v) is 4.86. The SMILES string of the molecule is COc1nc(C)nc(NC(=O)NS(=O)(=O)c2ccccc2Cc2nnc(SC)s2)n1. The minimum Gasteiger partial charge on any atom is -0.467 e. The summed E-state index contributed by atoms with van der Waals surface area (Å²) in [5.41, 5.74) is 0.485. The third-order valence-electron chi connectivity index (χ3n) is 3.59. The van der Waals surface area contributed by atoms with Crippen LogP contribution in [-0.2, 0) is 16.4 Å². The molecule has 0 atom stereocenters. The lowest BCUT2D eigenvalue weighted by atomic mass is 10.2. The predicted molar refractivity (Wildman–Crippen MR) is 111 cm³/mol. The number of sulfonamides is 1. The standard InChI is InChI=1S/C16H17N7O4S3/c1-9-17-13(20-15(18-9)27-2)19-14(24)23-30(25,26)11-7-5-4-6-10(11)8-12-21-22-16(28-3)29-12/h4-7H,8H2,1-3H3,(H2,17,18,19,20,23,24). The van der Waals surface area contributed by atoms with E-state index in [1.54, 1.807) is 25.1 Å². The van der Waals surface area contributed by atoms with Crippen LogP contribution in [0.4, 0.5) is 10.7 Å². The Morgan fingerprint density at radius 1 is 1.20 bits per heavy atom. The Balaban J connectivity index is 1.78. The van der Waals surface area contributed by atoms with Crippen molar-refractivity contribution in [2.45, 2.75) is 22.6 Å². The predicted octanol–water partition coefficient (Wildman–Crippen LogP) is 1.86. The summed E-state index contributed by atoms with van der Waals surface area (Å²) >= 11 is 2.84. The Morgan fingerprint density at radius 3 is 2.67 bits per heavy atom. The molecule has 0 aliphatic carbocycles. The number of amides is 2. The number of rotatable bonds is 7. The first-order valence-electron chi connectivity index (χ1n) is 8.35. The lowest BCUT2D eigenvalue weighted by molar-refractivity contribution is 0.256. The molecule has 0 aliphatic rings. The van der Waals surface area contributed by atoms with E-state index in [1.165, 1.54) is 36.3 Å². The highest BCUT2D eigenvalue weighted by Crippen LogP contribution is 2.24. The topological polar surface area (TPSA) is 149 Å². The fourth-order valence-electron chi connectivity index (χ4n) is 2.38. The second kappa shape index (κ2) is 9.32. The van der Waals surface area contributed by atoms with E-state index in [0.29, 0.717) is 16.4 Å². The number of thioether (sulfide) groups is 1. The van der Waals surface area contributed by atoms with Gasteiger partial charge in [0.1, 0.15) is 10.8 Å². The fraction of sp³-hybridized carbons (Fsp3) is 0.250. The molecule has 0 aliphatic heterocycles. The molecule has 11 nitrogen and oxygen atoms in total. The van der Waals surface area contributed by atoms with E-state index in [0.717, 1.165) is 4.34 Å². The van der Waals surface area contributed by atoms with Gasteiger partial charge in [0, 0.05) is 6.42 Å². The van der Waals surface area contributed by atoms with E-state index >= 15 is 0 Å². The summed E-state index contributed by atoms with van der Waals surface area (Å²) in [5, 5.41) is 11.0. The molecule has 0 bridgehead atoms. The minimum atomic E-state index is -4.17. The van der Waals surface area contributed by atoms with Crippen molar-refractivity contribution in [1.82, 2.24) is 29.9 Å². The number of anilines is 1. The summed E-state index contributed by atoms with van der Waals surface area (Å²) in [7, 11) is -2.81. The number of benzene rings is 1. The molecular formula is C16H17N7O4S3. The van der Waals surface area contributed by atoms with Crippen molar-refractivity contribution in [2.24, 2.45) is 0 Å². The quantitative estimate of drug-likeness (QED) is 0.493. The van der Waals surface area contributed by atoms with Crippen molar-refractivity contribution in [2.75, 3.05) is 18.7 Å². The number of carbonyl (C=O) groups is 1. The number of urea groups is 1. The molecule has 2 aromatic heterocycles. The third-order valence-corrected chi connectivity index (χ3v) is 6.92. The highest BCUT2D eigenvalue weighted by Gasteiger charge is 2.22. The van der Waals surface area contributed by atoms with Gasteiger partial charge in [0.15, 0.2) is 4.34 Å². The first-order valence-corrected chi connectivity index (χ1v) is 11.9. The van der Waals surface area contributed by atoms with Crippen LogP contribution in [0.5, 0.6) is 6.01 Å². The van der Waals surface area contributed by atoms with Crippen LogP contribution in [0.15, 0.2) is 33.5 Å². The molecule has 2 N–H and O–H groups in total. The molecule has 0 spiro atoms. The number of hydrogen-bond donors (Lipinski definition) is 2. The largest absolute Gasteiger partial charge is 0.467 e. The van der Waals surface area contributed by atoms with Gasteiger partial charge in [-0.05, 0) is 24.8 Å². The number of aromatic nitrogens is 5. The maximum atomic E-state index is 12.8. The summed E-state index contributed by atoms with van der Waals surface area (Å²) in [6.45, 7) is 1.58.